The smallest absolute Gasteiger partial charge is 0.0594 e. The van der Waals surface area contributed by atoms with Crippen LogP contribution < -0.4 is 0 Å². The summed E-state index contributed by atoms with van der Waals surface area (Å²) in [7, 11) is 0. The minimum absolute atomic E-state index is 0. The van der Waals surface area contributed by atoms with Crippen LogP contribution >= 0.6 is 12.4 Å². The molecule has 0 saturated carbocycles. The average molecular weight is 254 g/mol. The second-order valence-electron chi connectivity index (χ2n) is 4.14. The van der Waals surface area contributed by atoms with Crippen LogP contribution in [0.2, 0.25) is 0 Å². The molecule has 2 rings (SSSR count). The topological polar surface area (TPSA) is 12.5 Å². The number of benzene rings is 1. The van der Waals surface area contributed by atoms with E-state index in [2.05, 4.69) is 47.9 Å². The van der Waals surface area contributed by atoms with Crippen molar-refractivity contribution in [2.75, 3.05) is 26.3 Å². The van der Waals surface area contributed by atoms with Crippen molar-refractivity contribution in [1.82, 2.24) is 4.90 Å². The summed E-state index contributed by atoms with van der Waals surface area (Å²) in [4.78, 5) is 2.45. The Kier molecular flexibility index (Phi) is 6.27. The van der Waals surface area contributed by atoms with Gasteiger partial charge in [0.05, 0.1) is 13.2 Å². The molecule has 0 N–H and O–H groups in total. The molecule has 0 radical (unpaired) electrons. The summed E-state index contributed by atoms with van der Waals surface area (Å²) in [5.41, 5.74) is 1.37. The fraction of sp³-hybridized carbons (Fsp3) is 0.429. The van der Waals surface area contributed by atoms with Gasteiger partial charge < -0.3 is 4.74 Å². The monoisotopic (exact) mass is 253 g/mol. The minimum atomic E-state index is 0. The minimum Gasteiger partial charge on any atom is -0.379 e. The Bertz CT molecular complexity index is 322. The molecule has 1 heterocycles. The first-order valence-corrected chi connectivity index (χ1v) is 5.88. The summed E-state index contributed by atoms with van der Waals surface area (Å²) in [5, 5.41) is 0. The zero-order valence-corrected chi connectivity index (χ0v) is 10.9. The van der Waals surface area contributed by atoms with Gasteiger partial charge in [0.25, 0.3) is 0 Å². The van der Waals surface area contributed by atoms with E-state index in [0.29, 0.717) is 6.04 Å². The third kappa shape index (κ3) is 4.15. The SMILES string of the molecule is C=CC(Cc1ccccc1)N1CCOCC1.Cl. The molecule has 94 valence electrons. The highest BCUT2D eigenvalue weighted by Crippen LogP contribution is 2.11. The Morgan fingerprint density at radius 2 is 1.88 bits per heavy atom. The Labute approximate surface area is 110 Å². The van der Waals surface area contributed by atoms with Gasteiger partial charge in [0.15, 0.2) is 0 Å². The van der Waals surface area contributed by atoms with E-state index in [1.807, 2.05) is 0 Å². The highest BCUT2D eigenvalue weighted by atomic mass is 35.5. The lowest BCUT2D eigenvalue weighted by Crippen LogP contribution is -2.43. The van der Waals surface area contributed by atoms with Gasteiger partial charge in [0.2, 0.25) is 0 Å². The number of halogens is 1. The molecule has 0 aromatic heterocycles. The Morgan fingerprint density at radius 1 is 1.24 bits per heavy atom. The van der Waals surface area contributed by atoms with Crippen LogP contribution in [0.3, 0.4) is 0 Å². The van der Waals surface area contributed by atoms with Crippen molar-refractivity contribution in [3.63, 3.8) is 0 Å². The highest BCUT2D eigenvalue weighted by molar-refractivity contribution is 5.85. The predicted octanol–water partition coefficient (Wildman–Crippen LogP) is 2.54. The first-order valence-electron chi connectivity index (χ1n) is 5.88. The van der Waals surface area contributed by atoms with E-state index in [9.17, 15) is 0 Å². The quantitative estimate of drug-likeness (QED) is 0.765. The average Bonchev–Trinajstić information content (AvgIpc) is 2.38. The first-order chi connectivity index (χ1) is 7.90. The lowest BCUT2D eigenvalue weighted by molar-refractivity contribution is 0.0257. The number of hydrogen-bond acceptors (Lipinski definition) is 2. The number of morpholine rings is 1. The normalized spacial score (nSPS) is 18.1. The van der Waals surface area contributed by atoms with Crippen LogP contribution in [0.15, 0.2) is 43.0 Å². The molecule has 0 amide bonds. The predicted molar refractivity (Wildman–Crippen MR) is 73.8 cm³/mol. The van der Waals surface area contributed by atoms with Crippen LogP contribution in [0.25, 0.3) is 0 Å². The second-order valence-corrected chi connectivity index (χ2v) is 4.14. The van der Waals surface area contributed by atoms with Crippen molar-refractivity contribution in [1.29, 1.82) is 0 Å². The molecule has 1 aliphatic rings. The standard InChI is InChI=1S/C14H19NO.ClH/c1-2-14(15-8-10-16-11-9-15)12-13-6-4-3-5-7-13;/h2-7,14H,1,8-12H2;1H. The Hall–Kier alpha value is -0.830. The molecule has 2 nitrogen and oxygen atoms in total. The van der Waals surface area contributed by atoms with Crippen molar-refractivity contribution in [3.05, 3.63) is 48.6 Å². The summed E-state index contributed by atoms with van der Waals surface area (Å²) in [5.74, 6) is 0. The third-order valence-corrected chi connectivity index (χ3v) is 3.07. The maximum absolute atomic E-state index is 5.37. The van der Waals surface area contributed by atoms with Crippen LogP contribution in [0.4, 0.5) is 0 Å². The van der Waals surface area contributed by atoms with Crippen LogP contribution in [0.5, 0.6) is 0 Å². The fourth-order valence-electron chi connectivity index (χ4n) is 2.13. The van der Waals surface area contributed by atoms with Crippen molar-refractivity contribution in [2.45, 2.75) is 12.5 Å². The summed E-state index contributed by atoms with van der Waals surface area (Å²) in [6, 6.07) is 11.0. The maximum Gasteiger partial charge on any atom is 0.0594 e. The Balaban J connectivity index is 0.00000144. The van der Waals surface area contributed by atoms with Crippen LogP contribution in [0, 0.1) is 0 Å². The molecule has 17 heavy (non-hydrogen) atoms. The molecule has 1 fully saturated rings. The maximum atomic E-state index is 5.37. The number of hydrogen-bond donors (Lipinski definition) is 0. The van der Waals surface area contributed by atoms with Crippen molar-refractivity contribution in [2.24, 2.45) is 0 Å². The van der Waals surface area contributed by atoms with Gasteiger partial charge in [-0.15, -0.1) is 19.0 Å². The van der Waals surface area contributed by atoms with E-state index >= 15 is 0 Å². The molecule has 3 heteroatoms. The number of nitrogens with zero attached hydrogens (tertiary/aromatic N) is 1. The summed E-state index contributed by atoms with van der Waals surface area (Å²) >= 11 is 0. The van der Waals surface area contributed by atoms with Crippen molar-refractivity contribution >= 4 is 12.4 Å². The van der Waals surface area contributed by atoms with Crippen molar-refractivity contribution < 1.29 is 4.74 Å². The second kappa shape index (κ2) is 7.49. The molecular formula is C14H20ClNO. The van der Waals surface area contributed by atoms with Gasteiger partial charge in [0.1, 0.15) is 0 Å². The van der Waals surface area contributed by atoms with E-state index in [1.54, 1.807) is 0 Å². The van der Waals surface area contributed by atoms with E-state index < -0.39 is 0 Å². The van der Waals surface area contributed by atoms with Gasteiger partial charge in [-0.05, 0) is 12.0 Å². The van der Waals surface area contributed by atoms with Gasteiger partial charge in [-0.3, -0.25) is 4.90 Å². The molecule has 0 bridgehead atoms. The van der Waals surface area contributed by atoms with E-state index in [1.165, 1.54) is 5.56 Å². The summed E-state index contributed by atoms with van der Waals surface area (Å²) in [6.07, 6.45) is 3.10. The lowest BCUT2D eigenvalue weighted by Gasteiger charge is -2.32. The van der Waals surface area contributed by atoms with Crippen LogP contribution in [-0.2, 0) is 11.2 Å². The molecular weight excluding hydrogens is 234 g/mol. The zero-order valence-electron chi connectivity index (χ0n) is 10.0. The van der Waals surface area contributed by atoms with Gasteiger partial charge in [0, 0.05) is 19.1 Å². The Morgan fingerprint density at radius 3 is 2.47 bits per heavy atom. The van der Waals surface area contributed by atoms with E-state index in [4.69, 9.17) is 4.74 Å². The summed E-state index contributed by atoms with van der Waals surface area (Å²) in [6.45, 7) is 7.68. The first kappa shape index (κ1) is 14.2. The highest BCUT2D eigenvalue weighted by Gasteiger charge is 2.18. The van der Waals surface area contributed by atoms with E-state index in [-0.39, 0.29) is 12.4 Å². The van der Waals surface area contributed by atoms with Gasteiger partial charge in [-0.25, -0.2) is 0 Å². The van der Waals surface area contributed by atoms with Gasteiger partial charge >= 0.3 is 0 Å². The molecule has 1 atom stereocenters. The lowest BCUT2D eigenvalue weighted by atomic mass is 10.0. The zero-order chi connectivity index (χ0) is 11.2. The van der Waals surface area contributed by atoms with Gasteiger partial charge in [-0.2, -0.15) is 0 Å². The molecule has 0 spiro atoms. The number of rotatable bonds is 4. The fourth-order valence-corrected chi connectivity index (χ4v) is 2.13. The molecule has 1 aliphatic heterocycles. The molecule has 1 aromatic carbocycles. The van der Waals surface area contributed by atoms with Crippen LogP contribution in [-0.4, -0.2) is 37.2 Å². The van der Waals surface area contributed by atoms with E-state index in [0.717, 1.165) is 32.7 Å². The molecule has 1 saturated heterocycles. The van der Waals surface area contributed by atoms with Crippen molar-refractivity contribution in [3.8, 4) is 0 Å². The summed E-state index contributed by atoms with van der Waals surface area (Å²) < 4.78 is 5.37. The number of ether oxygens (including phenoxy) is 1. The van der Waals surface area contributed by atoms with Gasteiger partial charge in [-0.1, -0.05) is 36.4 Å². The molecule has 1 aromatic rings. The largest absolute Gasteiger partial charge is 0.379 e. The van der Waals surface area contributed by atoms with Crippen LogP contribution in [0.1, 0.15) is 5.56 Å². The molecule has 0 aliphatic carbocycles. The molecule has 1 unspecified atom stereocenters. The third-order valence-electron chi connectivity index (χ3n) is 3.07.